The second-order valence-electron chi connectivity index (χ2n) is 9.55. The number of carbonyl (C=O) groups is 1. The first kappa shape index (κ1) is 26.4. The Bertz CT molecular complexity index is 1270. The van der Waals surface area contributed by atoms with Crippen LogP contribution in [0.2, 0.25) is 0 Å². The first-order chi connectivity index (χ1) is 17.8. The second-order valence-corrected chi connectivity index (χ2v) is 9.55. The number of carboxylic acids is 1. The molecule has 2 heterocycles. The lowest BCUT2D eigenvalue weighted by atomic mass is 9.95. The summed E-state index contributed by atoms with van der Waals surface area (Å²) in [5, 5.41) is 13.6. The number of aromatic nitrogens is 2. The van der Waals surface area contributed by atoms with Gasteiger partial charge in [0.2, 0.25) is 5.95 Å². The summed E-state index contributed by atoms with van der Waals surface area (Å²) >= 11 is 0. The van der Waals surface area contributed by atoms with E-state index in [2.05, 4.69) is 45.1 Å². The van der Waals surface area contributed by atoms with Crippen molar-refractivity contribution in [2.75, 3.05) is 13.1 Å². The molecule has 1 fully saturated rings. The largest absolute Gasteiger partial charge is 0.481 e. The van der Waals surface area contributed by atoms with E-state index in [1.807, 2.05) is 32.0 Å². The Morgan fingerprint density at radius 3 is 2.57 bits per heavy atom. The van der Waals surface area contributed by atoms with Gasteiger partial charge in [-0.1, -0.05) is 42.4 Å². The Hall–Kier alpha value is -3.65. The zero-order valence-electron chi connectivity index (χ0n) is 21.6. The van der Waals surface area contributed by atoms with E-state index in [4.69, 9.17) is 4.84 Å². The molecule has 194 valence electrons. The number of halogens is 1. The summed E-state index contributed by atoms with van der Waals surface area (Å²) in [6, 6.07) is 12.3. The van der Waals surface area contributed by atoms with E-state index in [-0.39, 0.29) is 5.92 Å². The van der Waals surface area contributed by atoms with Crippen molar-refractivity contribution >= 4 is 11.7 Å². The molecule has 0 saturated carbocycles. The zero-order valence-corrected chi connectivity index (χ0v) is 21.6. The number of likely N-dealkylation sites (tertiary alicyclic amines) is 1. The number of aryl methyl sites for hydroxylation is 2. The Kier molecular flexibility index (Phi) is 8.61. The highest BCUT2D eigenvalue weighted by atomic mass is 19.1. The van der Waals surface area contributed by atoms with Crippen LogP contribution in [0.15, 0.2) is 53.9 Å². The first-order valence-electron chi connectivity index (χ1n) is 12.7. The number of oxime groups is 1. The van der Waals surface area contributed by atoms with E-state index in [0.29, 0.717) is 25.1 Å². The molecule has 0 radical (unpaired) electrons. The highest BCUT2D eigenvalue weighted by molar-refractivity contribution is 5.98. The summed E-state index contributed by atoms with van der Waals surface area (Å²) in [5.74, 6) is -1.49. The summed E-state index contributed by atoms with van der Waals surface area (Å²) in [4.78, 5) is 27.0. The number of piperidine rings is 1. The molecule has 0 atom stereocenters. The molecule has 1 aliphatic heterocycles. The molecule has 0 spiro atoms. The molecule has 0 amide bonds. The lowest BCUT2D eigenvalue weighted by Crippen LogP contribution is -2.36. The Morgan fingerprint density at radius 1 is 1.14 bits per heavy atom. The van der Waals surface area contributed by atoms with Crippen LogP contribution in [0.1, 0.15) is 54.5 Å². The number of benzene rings is 2. The van der Waals surface area contributed by atoms with Gasteiger partial charge in [0, 0.05) is 12.1 Å². The van der Waals surface area contributed by atoms with Crippen molar-refractivity contribution in [3.8, 4) is 11.3 Å². The van der Waals surface area contributed by atoms with Crippen LogP contribution in [0.4, 0.5) is 4.39 Å². The fourth-order valence-corrected chi connectivity index (χ4v) is 4.72. The van der Waals surface area contributed by atoms with Crippen LogP contribution < -0.4 is 0 Å². The average molecular weight is 505 g/mol. The quantitative estimate of drug-likeness (QED) is 0.311. The molecule has 1 aromatic heterocycles. The van der Waals surface area contributed by atoms with Crippen molar-refractivity contribution in [3.63, 3.8) is 0 Å². The van der Waals surface area contributed by atoms with E-state index in [1.54, 1.807) is 0 Å². The number of aliphatic carboxylic acids is 1. The third-order valence-electron chi connectivity index (χ3n) is 6.96. The molecule has 1 N–H and O–H groups in total. The number of hydrogen-bond acceptors (Lipinski definition) is 6. The van der Waals surface area contributed by atoms with Gasteiger partial charge in [-0.15, -0.1) is 0 Å². The van der Waals surface area contributed by atoms with E-state index in [9.17, 15) is 14.3 Å². The summed E-state index contributed by atoms with van der Waals surface area (Å²) < 4.78 is 13.1. The van der Waals surface area contributed by atoms with Crippen molar-refractivity contribution in [1.29, 1.82) is 0 Å². The maximum atomic E-state index is 13.1. The standard InChI is InChI=1S/C29H33FN4O3/c1-4-22-14-24(6-7-25(22)17-34-11-9-23(10-12-34)29(35)36)20(3)33-37-18-21-5-8-26(19(2)13-21)27-15-32-28(30)16-31-27/h5-8,13-16,23H,4,9-12,17-18H2,1-3H3,(H,35,36)/b33-20+. The zero-order chi connectivity index (χ0) is 26.4. The molecule has 37 heavy (non-hydrogen) atoms. The third-order valence-corrected chi connectivity index (χ3v) is 6.96. The van der Waals surface area contributed by atoms with Gasteiger partial charge in [-0.05, 0) is 80.1 Å². The Labute approximate surface area is 217 Å². The second kappa shape index (κ2) is 12.1. The monoisotopic (exact) mass is 504 g/mol. The molecule has 7 nitrogen and oxygen atoms in total. The predicted molar refractivity (Wildman–Crippen MR) is 141 cm³/mol. The van der Waals surface area contributed by atoms with Gasteiger partial charge in [-0.25, -0.2) is 9.97 Å². The van der Waals surface area contributed by atoms with Crippen molar-refractivity contribution in [3.05, 3.63) is 82.6 Å². The lowest BCUT2D eigenvalue weighted by Gasteiger charge is -2.30. The molecular formula is C29H33FN4O3. The van der Waals surface area contributed by atoms with Gasteiger partial charge in [0.15, 0.2) is 0 Å². The molecule has 2 aromatic carbocycles. The third kappa shape index (κ3) is 6.77. The van der Waals surface area contributed by atoms with E-state index in [0.717, 1.165) is 60.2 Å². The van der Waals surface area contributed by atoms with Crippen molar-refractivity contribution in [1.82, 2.24) is 14.9 Å². The van der Waals surface area contributed by atoms with Crippen LogP contribution in [0.3, 0.4) is 0 Å². The summed E-state index contributed by atoms with van der Waals surface area (Å²) in [7, 11) is 0. The van der Waals surface area contributed by atoms with Gasteiger partial charge in [0.05, 0.1) is 29.7 Å². The normalized spacial score (nSPS) is 15.1. The molecule has 4 rings (SSSR count). The van der Waals surface area contributed by atoms with Crippen molar-refractivity contribution in [2.24, 2.45) is 11.1 Å². The maximum Gasteiger partial charge on any atom is 0.306 e. The first-order valence-corrected chi connectivity index (χ1v) is 12.7. The van der Waals surface area contributed by atoms with Gasteiger partial charge < -0.3 is 9.94 Å². The van der Waals surface area contributed by atoms with Crippen LogP contribution in [0.25, 0.3) is 11.3 Å². The van der Waals surface area contributed by atoms with Gasteiger partial charge >= 0.3 is 5.97 Å². The minimum Gasteiger partial charge on any atom is -0.481 e. The molecule has 0 bridgehead atoms. The topological polar surface area (TPSA) is 87.9 Å². The summed E-state index contributed by atoms with van der Waals surface area (Å²) in [5.41, 5.74) is 7.86. The van der Waals surface area contributed by atoms with Crippen LogP contribution in [0.5, 0.6) is 0 Å². The highest BCUT2D eigenvalue weighted by Gasteiger charge is 2.24. The van der Waals surface area contributed by atoms with Crippen LogP contribution >= 0.6 is 0 Å². The van der Waals surface area contributed by atoms with Crippen molar-refractivity contribution in [2.45, 2.75) is 53.2 Å². The molecule has 0 aliphatic carbocycles. The number of hydrogen-bond donors (Lipinski definition) is 1. The summed E-state index contributed by atoms with van der Waals surface area (Å²) in [6.45, 7) is 8.85. The van der Waals surface area contributed by atoms with Gasteiger partial charge in [0.1, 0.15) is 6.61 Å². The molecule has 3 aromatic rings. The fraction of sp³-hybridized carbons (Fsp3) is 0.379. The Morgan fingerprint density at radius 2 is 1.92 bits per heavy atom. The van der Waals surface area contributed by atoms with Gasteiger partial charge in [-0.3, -0.25) is 9.69 Å². The maximum absolute atomic E-state index is 13.1. The van der Waals surface area contributed by atoms with Crippen LogP contribution in [-0.2, 0) is 29.2 Å². The fourth-order valence-electron chi connectivity index (χ4n) is 4.72. The molecule has 1 aliphatic rings. The van der Waals surface area contributed by atoms with E-state index in [1.165, 1.54) is 17.3 Å². The molecule has 0 unspecified atom stereocenters. The van der Waals surface area contributed by atoms with Crippen LogP contribution in [-0.4, -0.2) is 44.7 Å². The van der Waals surface area contributed by atoms with Crippen molar-refractivity contribution < 1.29 is 19.1 Å². The average Bonchev–Trinajstić information content (AvgIpc) is 2.90. The molecular weight excluding hydrogens is 471 g/mol. The summed E-state index contributed by atoms with van der Waals surface area (Å²) in [6.07, 6.45) is 4.87. The molecule has 1 saturated heterocycles. The van der Waals surface area contributed by atoms with E-state index < -0.39 is 11.9 Å². The minimum atomic E-state index is -0.678. The molecule has 8 heteroatoms. The smallest absolute Gasteiger partial charge is 0.306 e. The van der Waals surface area contributed by atoms with E-state index >= 15 is 0 Å². The number of carboxylic acid groups (broad SMARTS) is 1. The Balaban J connectivity index is 1.36. The lowest BCUT2D eigenvalue weighted by molar-refractivity contribution is -0.143. The minimum absolute atomic E-state index is 0.214. The number of rotatable bonds is 9. The number of nitrogens with zero attached hydrogens (tertiary/aromatic N) is 4. The van der Waals surface area contributed by atoms with Crippen LogP contribution in [0, 0.1) is 18.8 Å². The predicted octanol–water partition coefficient (Wildman–Crippen LogP) is 5.39. The highest BCUT2D eigenvalue weighted by Crippen LogP contribution is 2.23. The van der Waals surface area contributed by atoms with Gasteiger partial charge in [0.25, 0.3) is 0 Å². The van der Waals surface area contributed by atoms with Gasteiger partial charge in [-0.2, -0.15) is 4.39 Å². The SMILES string of the molecule is CCc1cc(/C(C)=N/OCc2ccc(-c3cnc(F)cn3)c(C)c2)ccc1CN1CCC(C(=O)O)CC1.